The molecule has 1 fully saturated rings. The molecule has 4 nitrogen and oxygen atoms in total. The third-order valence-electron chi connectivity index (χ3n) is 4.73. The molecule has 2 aromatic carbocycles. The van der Waals surface area contributed by atoms with E-state index < -0.39 is 0 Å². The maximum Gasteiger partial charge on any atom is 0.129 e. The first-order valence-corrected chi connectivity index (χ1v) is 9.14. The molecule has 0 atom stereocenters. The van der Waals surface area contributed by atoms with Crippen molar-refractivity contribution in [1.82, 2.24) is 5.32 Å². The Morgan fingerprint density at radius 2 is 1.88 bits per heavy atom. The summed E-state index contributed by atoms with van der Waals surface area (Å²) in [5.41, 5.74) is 2.54. The highest BCUT2D eigenvalue weighted by atomic mass is 35.5. The van der Waals surface area contributed by atoms with Gasteiger partial charge in [-0.25, -0.2) is 4.99 Å². The van der Waals surface area contributed by atoms with E-state index in [-0.39, 0.29) is 5.54 Å². The standard InChI is InChI=1S/C19H19Cl2N3O/c20-14-10-15(21)17-16(11-14)23-18(19(24-17)6-8-25-9-7-19)22-12-13-4-2-1-3-5-13/h1-5,10-11,24H,6-9,12H2,(H,22,23). The summed E-state index contributed by atoms with van der Waals surface area (Å²) < 4.78 is 5.57. The zero-order chi connectivity index (χ0) is 17.3. The Labute approximate surface area is 157 Å². The molecule has 0 radical (unpaired) electrons. The molecule has 1 saturated heterocycles. The second kappa shape index (κ2) is 6.87. The summed E-state index contributed by atoms with van der Waals surface area (Å²) in [5, 5.41) is 8.33. The molecule has 0 amide bonds. The highest BCUT2D eigenvalue weighted by Crippen LogP contribution is 2.43. The van der Waals surface area contributed by atoms with Gasteiger partial charge in [-0.15, -0.1) is 0 Å². The van der Waals surface area contributed by atoms with Gasteiger partial charge in [0.25, 0.3) is 0 Å². The number of fused-ring (bicyclic) bond motifs is 1. The molecule has 2 N–H and O–H groups in total. The van der Waals surface area contributed by atoms with Gasteiger partial charge in [0, 0.05) is 37.6 Å². The number of hydrogen-bond acceptors (Lipinski definition) is 4. The van der Waals surface area contributed by atoms with Crippen molar-refractivity contribution >= 4 is 40.4 Å². The summed E-state index contributed by atoms with van der Waals surface area (Å²) in [6, 6.07) is 13.9. The normalized spacial score (nSPS) is 18.2. The number of rotatable bonds is 2. The molecule has 2 aromatic rings. The molecule has 0 aliphatic carbocycles. The number of amidine groups is 1. The Balaban J connectivity index is 1.69. The topological polar surface area (TPSA) is 45.7 Å². The van der Waals surface area contributed by atoms with Crippen LogP contribution in [-0.4, -0.2) is 24.6 Å². The molecular weight excluding hydrogens is 357 g/mol. The number of aliphatic imine (C=N–C) groups is 1. The van der Waals surface area contributed by atoms with E-state index in [1.165, 1.54) is 5.56 Å². The largest absolute Gasteiger partial charge is 0.381 e. The minimum absolute atomic E-state index is 0.280. The number of hydrogen-bond donors (Lipinski definition) is 2. The van der Waals surface area contributed by atoms with Crippen LogP contribution in [-0.2, 0) is 11.3 Å². The zero-order valence-electron chi connectivity index (χ0n) is 13.7. The lowest BCUT2D eigenvalue weighted by atomic mass is 9.86. The van der Waals surface area contributed by atoms with Gasteiger partial charge in [-0.05, 0) is 17.7 Å². The third-order valence-corrected chi connectivity index (χ3v) is 5.25. The van der Waals surface area contributed by atoms with E-state index in [2.05, 4.69) is 22.8 Å². The average molecular weight is 376 g/mol. The summed E-state index contributed by atoms with van der Waals surface area (Å²) in [6.45, 7) is 2.10. The molecule has 0 saturated carbocycles. The fraction of sp³-hybridized carbons (Fsp3) is 0.316. The first-order chi connectivity index (χ1) is 12.2. The summed E-state index contributed by atoms with van der Waals surface area (Å²) in [7, 11) is 0. The number of halogens is 2. The molecule has 2 aliphatic heterocycles. The fourth-order valence-corrected chi connectivity index (χ4v) is 3.90. The maximum absolute atomic E-state index is 6.40. The van der Waals surface area contributed by atoms with E-state index >= 15 is 0 Å². The minimum atomic E-state index is -0.280. The summed E-state index contributed by atoms with van der Waals surface area (Å²) in [5.74, 6) is 0.922. The van der Waals surface area contributed by atoms with E-state index in [9.17, 15) is 0 Å². The quantitative estimate of drug-likeness (QED) is 0.792. The van der Waals surface area contributed by atoms with E-state index in [0.717, 1.165) is 30.1 Å². The summed E-state index contributed by atoms with van der Waals surface area (Å²) in [6.07, 6.45) is 1.68. The van der Waals surface area contributed by atoms with Crippen molar-refractivity contribution in [1.29, 1.82) is 0 Å². The monoisotopic (exact) mass is 375 g/mol. The van der Waals surface area contributed by atoms with Crippen molar-refractivity contribution in [2.45, 2.75) is 24.9 Å². The second-order valence-corrected chi connectivity index (χ2v) is 7.24. The molecule has 2 heterocycles. The van der Waals surface area contributed by atoms with Gasteiger partial charge >= 0.3 is 0 Å². The van der Waals surface area contributed by atoms with Crippen LogP contribution in [0.5, 0.6) is 0 Å². The van der Waals surface area contributed by atoms with Crippen molar-refractivity contribution < 1.29 is 4.74 Å². The van der Waals surface area contributed by atoms with Gasteiger partial charge in [-0.2, -0.15) is 0 Å². The number of anilines is 1. The van der Waals surface area contributed by atoms with Crippen molar-refractivity contribution in [2.75, 3.05) is 18.5 Å². The first kappa shape index (κ1) is 16.7. The predicted octanol–water partition coefficient (Wildman–Crippen LogP) is 4.79. The highest BCUT2D eigenvalue weighted by Gasteiger charge is 2.41. The van der Waals surface area contributed by atoms with Crippen LogP contribution in [0, 0.1) is 0 Å². The molecule has 2 aliphatic rings. The fourth-order valence-electron chi connectivity index (χ4n) is 3.37. The van der Waals surface area contributed by atoms with Crippen molar-refractivity contribution in [2.24, 2.45) is 4.99 Å². The predicted molar refractivity (Wildman–Crippen MR) is 103 cm³/mol. The molecule has 4 rings (SSSR count). The molecule has 130 valence electrons. The number of ether oxygens (including phenoxy) is 1. The van der Waals surface area contributed by atoms with Gasteiger partial charge in [0.15, 0.2) is 0 Å². The molecule has 25 heavy (non-hydrogen) atoms. The van der Waals surface area contributed by atoms with Crippen molar-refractivity contribution in [3.63, 3.8) is 0 Å². The Morgan fingerprint density at radius 3 is 2.64 bits per heavy atom. The van der Waals surface area contributed by atoms with Crippen LogP contribution in [0.4, 0.5) is 11.4 Å². The number of nitrogens with zero attached hydrogens (tertiary/aromatic N) is 1. The lowest BCUT2D eigenvalue weighted by Gasteiger charge is -2.42. The SMILES string of the molecule is Clc1cc(Cl)c2c(c1)N=C(NCc1ccccc1)C1(CCOCC1)N2. The third kappa shape index (κ3) is 3.34. The van der Waals surface area contributed by atoms with Crippen LogP contribution in [0.3, 0.4) is 0 Å². The average Bonchev–Trinajstić information content (AvgIpc) is 2.62. The Kier molecular flexibility index (Phi) is 4.59. The number of benzene rings is 2. The molecular formula is C19H19Cl2N3O. The molecule has 0 unspecified atom stereocenters. The Hall–Kier alpha value is -1.75. The van der Waals surface area contributed by atoms with Crippen LogP contribution in [0.15, 0.2) is 47.5 Å². The van der Waals surface area contributed by atoms with E-state index in [4.69, 9.17) is 32.9 Å². The lowest BCUT2D eigenvalue weighted by molar-refractivity contribution is 0.0771. The van der Waals surface area contributed by atoms with E-state index in [1.54, 1.807) is 6.07 Å². The van der Waals surface area contributed by atoms with Gasteiger partial charge in [-0.3, -0.25) is 0 Å². The smallest absolute Gasteiger partial charge is 0.129 e. The van der Waals surface area contributed by atoms with Crippen LogP contribution >= 0.6 is 23.2 Å². The highest BCUT2D eigenvalue weighted by molar-refractivity contribution is 6.37. The maximum atomic E-state index is 6.40. The van der Waals surface area contributed by atoms with Gasteiger partial charge in [-0.1, -0.05) is 53.5 Å². The summed E-state index contributed by atoms with van der Waals surface area (Å²) in [4.78, 5) is 4.88. The van der Waals surface area contributed by atoms with E-state index in [0.29, 0.717) is 29.8 Å². The van der Waals surface area contributed by atoms with Gasteiger partial charge in [0.2, 0.25) is 0 Å². The summed E-state index contributed by atoms with van der Waals surface area (Å²) >= 11 is 12.6. The van der Waals surface area contributed by atoms with Gasteiger partial charge in [0.1, 0.15) is 5.84 Å². The zero-order valence-corrected chi connectivity index (χ0v) is 15.2. The molecule has 0 aromatic heterocycles. The van der Waals surface area contributed by atoms with Crippen molar-refractivity contribution in [3.05, 3.63) is 58.1 Å². The van der Waals surface area contributed by atoms with Crippen molar-refractivity contribution in [3.8, 4) is 0 Å². The van der Waals surface area contributed by atoms with Crippen LogP contribution in [0.2, 0.25) is 10.0 Å². The lowest BCUT2D eigenvalue weighted by Crippen LogP contribution is -2.56. The van der Waals surface area contributed by atoms with Crippen LogP contribution < -0.4 is 10.6 Å². The van der Waals surface area contributed by atoms with E-state index in [1.807, 2.05) is 24.3 Å². The molecule has 6 heteroatoms. The van der Waals surface area contributed by atoms with Gasteiger partial charge in [0.05, 0.1) is 21.9 Å². The van der Waals surface area contributed by atoms with Gasteiger partial charge < -0.3 is 15.4 Å². The van der Waals surface area contributed by atoms with Crippen LogP contribution in [0.1, 0.15) is 18.4 Å². The Morgan fingerprint density at radius 1 is 1.12 bits per heavy atom. The molecule has 1 spiro atoms. The minimum Gasteiger partial charge on any atom is -0.381 e. The van der Waals surface area contributed by atoms with Crippen LogP contribution in [0.25, 0.3) is 0 Å². The first-order valence-electron chi connectivity index (χ1n) is 8.38. The Bertz CT molecular complexity index is 802. The second-order valence-electron chi connectivity index (χ2n) is 6.40. The molecule has 0 bridgehead atoms. The number of nitrogens with one attached hydrogen (secondary N) is 2.